The number of hydrogen-bond donors (Lipinski definition) is 0. The maximum absolute atomic E-state index is 12.8. The molecule has 0 bridgehead atoms. The number of nitrogens with zero attached hydrogens (tertiary/aromatic N) is 4. The second-order valence-electron chi connectivity index (χ2n) is 7.24. The Morgan fingerprint density at radius 1 is 1.25 bits per heavy atom. The topological polar surface area (TPSA) is 50.5 Å². The largest absolute Gasteiger partial charge is 0.333 e. The van der Waals surface area contributed by atoms with Gasteiger partial charge in [0, 0.05) is 23.4 Å². The standard InChI is InChI=1S/C18H20N4OS/c1-18(2,3)15-11-22-16(19-15)5-4-13(20-22)17(23)21-8-6-14-12(10-21)7-9-24-14/h4-5,7,9,11H,6,8,10H2,1-3H3. The van der Waals surface area contributed by atoms with E-state index in [1.54, 1.807) is 21.9 Å². The zero-order chi connectivity index (χ0) is 16.9. The highest BCUT2D eigenvalue weighted by Gasteiger charge is 2.24. The molecule has 0 saturated heterocycles. The normalized spacial score (nSPS) is 14.9. The van der Waals surface area contributed by atoms with E-state index in [2.05, 4.69) is 42.3 Å². The van der Waals surface area contributed by atoms with Gasteiger partial charge in [0.2, 0.25) is 0 Å². The predicted octanol–water partition coefficient (Wildman–Crippen LogP) is 3.29. The fourth-order valence-electron chi connectivity index (χ4n) is 2.94. The SMILES string of the molecule is CC(C)(C)c1cn2nc(C(=O)N3CCc4sccc4C3)ccc2n1. The van der Waals surface area contributed by atoms with Gasteiger partial charge < -0.3 is 4.90 Å². The fourth-order valence-corrected chi connectivity index (χ4v) is 3.83. The van der Waals surface area contributed by atoms with E-state index >= 15 is 0 Å². The van der Waals surface area contributed by atoms with Crippen molar-refractivity contribution in [3.8, 4) is 0 Å². The molecule has 3 aromatic heterocycles. The molecular weight excluding hydrogens is 320 g/mol. The number of amides is 1. The summed E-state index contributed by atoms with van der Waals surface area (Å²) in [5, 5.41) is 6.59. The third-order valence-electron chi connectivity index (χ3n) is 4.40. The molecule has 4 rings (SSSR count). The molecule has 0 atom stereocenters. The number of hydrogen-bond acceptors (Lipinski definition) is 4. The van der Waals surface area contributed by atoms with E-state index in [9.17, 15) is 4.79 Å². The number of imidazole rings is 1. The van der Waals surface area contributed by atoms with E-state index in [1.807, 2.05) is 17.2 Å². The van der Waals surface area contributed by atoms with Crippen LogP contribution in [0.3, 0.4) is 0 Å². The number of fused-ring (bicyclic) bond motifs is 2. The Morgan fingerprint density at radius 3 is 2.88 bits per heavy atom. The molecule has 1 aliphatic rings. The summed E-state index contributed by atoms with van der Waals surface area (Å²) in [6.45, 7) is 7.78. The summed E-state index contributed by atoms with van der Waals surface area (Å²) >= 11 is 1.78. The first-order chi connectivity index (χ1) is 11.4. The summed E-state index contributed by atoms with van der Waals surface area (Å²) in [5.74, 6) is -0.0141. The molecule has 6 heteroatoms. The van der Waals surface area contributed by atoms with Crippen LogP contribution >= 0.6 is 11.3 Å². The van der Waals surface area contributed by atoms with Gasteiger partial charge in [-0.1, -0.05) is 20.8 Å². The van der Waals surface area contributed by atoms with E-state index in [1.165, 1.54) is 10.4 Å². The van der Waals surface area contributed by atoms with E-state index in [4.69, 9.17) is 0 Å². The van der Waals surface area contributed by atoms with Crippen molar-refractivity contribution in [2.45, 2.75) is 39.2 Å². The van der Waals surface area contributed by atoms with Gasteiger partial charge in [-0.05, 0) is 35.6 Å². The van der Waals surface area contributed by atoms with Crippen LogP contribution in [0.2, 0.25) is 0 Å². The molecule has 0 spiro atoms. The van der Waals surface area contributed by atoms with Gasteiger partial charge >= 0.3 is 0 Å². The van der Waals surface area contributed by atoms with Crippen molar-refractivity contribution in [2.24, 2.45) is 0 Å². The Morgan fingerprint density at radius 2 is 2.08 bits per heavy atom. The summed E-state index contributed by atoms with van der Waals surface area (Å²) in [5.41, 5.74) is 3.44. The Labute approximate surface area is 144 Å². The molecule has 0 aromatic carbocycles. The third-order valence-corrected chi connectivity index (χ3v) is 5.43. The van der Waals surface area contributed by atoms with Crippen LogP contribution in [0.4, 0.5) is 0 Å². The highest BCUT2D eigenvalue weighted by Crippen LogP contribution is 2.25. The maximum atomic E-state index is 12.8. The number of thiophene rings is 1. The first-order valence-electron chi connectivity index (χ1n) is 8.13. The van der Waals surface area contributed by atoms with Gasteiger partial charge in [-0.3, -0.25) is 4.79 Å². The average molecular weight is 340 g/mol. The Hall–Kier alpha value is -2.21. The van der Waals surface area contributed by atoms with Crippen molar-refractivity contribution in [1.29, 1.82) is 0 Å². The van der Waals surface area contributed by atoms with Gasteiger partial charge in [-0.2, -0.15) is 5.10 Å². The molecule has 3 aromatic rings. The molecule has 0 aliphatic carbocycles. The molecule has 0 saturated carbocycles. The number of rotatable bonds is 1. The number of aromatic nitrogens is 3. The number of carbonyl (C=O) groups is 1. The van der Waals surface area contributed by atoms with Crippen molar-refractivity contribution >= 4 is 22.9 Å². The molecule has 1 aliphatic heterocycles. The minimum absolute atomic E-state index is 0.0141. The second-order valence-corrected chi connectivity index (χ2v) is 8.24. The summed E-state index contributed by atoms with van der Waals surface area (Å²) in [6, 6.07) is 5.76. The van der Waals surface area contributed by atoms with Gasteiger partial charge in [0.05, 0.1) is 11.9 Å². The molecule has 0 radical (unpaired) electrons. The third kappa shape index (κ3) is 2.60. The number of carbonyl (C=O) groups excluding carboxylic acids is 1. The Kier molecular flexibility index (Phi) is 3.46. The molecule has 0 fully saturated rings. The monoisotopic (exact) mass is 340 g/mol. The smallest absolute Gasteiger partial charge is 0.274 e. The lowest BCUT2D eigenvalue weighted by Crippen LogP contribution is -2.36. The molecule has 24 heavy (non-hydrogen) atoms. The van der Waals surface area contributed by atoms with Crippen LogP contribution in [0.15, 0.2) is 29.8 Å². The van der Waals surface area contributed by atoms with Crippen LogP contribution in [0.1, 0.15) is 47.4 Å². The van der Waals surface area contributed by atoms with Crippen molar-refractivity contribution < 1.29 is 4.79 Å². The van der Waals surface area contributed by atoms with Crippen molar-refractivity contribution in [2.75, 3.05) is 6.54 Å². The highest BCUT2D eigenvalue weighted by atomic mass is 32.1. The van der Waals surface area contributed by atoms with E-state index in [-0.39, 0.29) is 11.3 Å². The van der Waals surface area contributed by atoms with Crippen molar-refractivity contribution in [3.05, 3.63) is 51.6 Å². The second kappa shape index (κ2) is 5.41. The fraction of sp³-hybridized carbons (Fsp3) is 0.389. The summed E-state index contributed by atoms with van der Waals surface area (Å²) < 4.78 is 1.72. The Bertz CT molecular complexity index is 919. The minimum Gasteiger partial charge on any atom is -0.333 e. The van der Waals surface area contributed by atoms with Crippen molar-refractivity contribution in [3.63, 3.8) is 0 Å². The van der Waals surface area contributed by atoms with Crippen LogP contribution in [0, 0.1) is 0 Å². The van der Waals surface area contributed by atoms with Crippen LogP contribution < -0.4 is 0 Å². The quantitative estimate of drug-likeness (QED) is 0.683. The summed E-state index contributed by atoms with van der Waals surface area (Å²) in [6.07, 6.45) is 2.85. The maximum Gasteiger partial charge on any atom is 0.274 e. The predicted molar refractivity (Wildman–Crippen MR) is 94.5 cm³/mol. The van der Waals surface area contributed by atoms with Gasteiger partial charge in [0.25, 0.3) is 5.91 Å². The van der Waals surface area contributed by atoms with Gasteiger partial charge in [0.1, 0.15) is 5.69 Å². The molecule has 4 heterocycles. The molecule has 1 amide bonds. The van der Waals surface area contributed by atoms with E-state index in [0.29, 0.717) is 12.2 Å². The van der Waals surface area contributed by atoms with E-state index in [0.717, 1.165) is 24.3 Å². The van der Waals surface area contributed by atoms with Crippen LogP contribution in [-0.2, 0) is 18.4 Å². The highest BCUT2D eigenvalue weighted by molar-refractivity contribution is 7.10. The van der Waals surface area contributed by atoms with Crippen LogP contribution in [0.25, 0.3) is 5.65 Å². The lowest BCUT2D eigenvalue weighted by atomic mass is 9.93. The molecule has 5 nitrogen and oxygen atoms in total. The minimum atomic E-state index is -0.0416. The van der Waals surface area contributed by atoms with E-state index < -0.39 is 0 Å². The van der Waals surface area contributed by atoms with Gasteiger partial charge in [0.15, 0.2) is 5.65 Å². The lowest BCUT2D eigenvalue weighted by molar-refractivity contribution is 0.0728. The van der Waals surface area contributed by atoms with Crippen LogP contribution in [0.5, 0.6) is 0 Å². The van der Waals surface area contributed by atoms with Crippen molar-refractivity contribution in [1.82, 2.24) is 19.5 Å². The molecular formula is C18H20N4OS. The lowest BCUT2D eigenvalue weighted by Gasteiger charge is -2.26. The summed E-state index contributed by atoms with van der Waals surface area (Å²) in [4.78, 5) is 20.7. The zero-order valence-corrected chi connectivity index (χ0v) is 14.9. The van der Waals surface area contributed by atoms with Gasteiger partial charge in [-0.25, -0.2) is 9.50 Å². The first-order valence-corrected chi connectivity index (χ1v) is 9.01. The Balaban J connectivity index is 1.63. The molecule has 0 N–H and O–H groups in total. The summed E-state index contributed by atoms with van der Waals surface area (Å²) in [7, 11) is 0. The zero-order valence-electron chi connectivity index (χ0n) is 14.1. The first kappa shape index (κ1) is 15.3. The average Bonchev–Trinajstić information content (AvgIpc) is 3.18. The van der Waals surface area contributed by atoms with Gasteiger partial charge in [-0.15, -0.1) is 11.3 Å². The molecule has 0 unspecified atom stereocenters. The van der Waals surface area contributed by atoms with Crippen LogP contribution in [-0.4, -0.2) is 31.9 Å². The molecule has 124 valence electrons.